The lowest BCUT2D eigenvalue weighted by atomic mass is 10.3. The van der Waals surface area contributed by atoms with E-state index in [2.05, 4.69) is 16.3 Å². The largest absolute Gasteiger partial charge is 0.375 e. The molecule has 0 saturated carbocycles. The molecule has 0 bridgehead atoms. The number of nitrogens with zero attached hydrogens (tertiary/aromatic N) is 1. The molecule has 0 saturated heterocycles. The Balaban J connectivity index is 2.45. The number of hydrogen-bond acceptors (Lipinski definition) is 5. The van der Waals surface area contributed by atoms with Crippen molar-refractivity contribution in [1.29, 1.82) is 0 Å². The lowest BCUT2D eigenvalue weighted by Gasteiger charge is -2.03. The summed E-state index contributed by atoms with van der Waals surface area (Å²) >= 11 is 1.26. The molecule has 1 aromatic carbocycles. The Morgan fingerprint density at radius 2 is 2.29 bits per heavy atom. The van der Waals surface area contributed by atoms with Crippen LogP contribution >= 0.6 is 11.3 Å². The SMILES string of the molecule is C=CCNS(=O)(=O)c1ccc2nc(N)sc2c1. The van der Waals surface area contributed by atoms with E-state index in [0.717, 1.165) is 4.70 Å². The molecule has 0 aliphatic rings. The molecule has 0 unspecified atom stereocenters. The van der Waals surface area contributed by atoms with Gasteiger partial charge < -0.3 is 5.73 Å². The normalized spacial score (nSPS) is 11.8. The van der Waals surface area contributed by atoms with E-state index < -0.39 is 10.0 Å². The average Bonchev–Trinajstić information content (AvgIpc) is 2.65. The molecule has 7 heteroatoms. The van der Waals surface area contributed by atoms with Gasteiger partial charge in [-0.1, -0.05) is 17.4 Å². The summed E-state index contributed by atoms with van der Waals surface area (Å²) in [6.07, 6.45) is 1.49. The van der Waals surface area contributed by atoms with Crippen LogP contribution in [0.4, 0.5) is 5.13 Å². The Bertz CT molecular complexity index is 661. The molecule has 1 heterocycles. The number of sulfonamides is 1. The predicted molar refractivity (Wildman–Crippen MR) is 69.4 cm³/mol. The molecule has 0 fully saturated rings. The minimum Gasteiger partial charge on any atom is -0.375 e. The van der Waals surface area contributed by atoms with Crippen LogP contribution in [0.1, 0.15) is 0 Å². The van der Waals surface area contributed by atoms with Crippen molar-refractivity contribution in [2.45, 2.75) is 4.90 Å². The van der Waals surface area contributed by atoms with E-state index in [9.17, 15) is 8.42 Å². The van der Waals surface area contributed by atoms with E-state index in [0.29, 0.717) is 10.6 Å². The molecule has 5 nitrogen and oxygen atoms in total. The highest BCUT2D eigenvalue weighted by Gasteiger charge is 2.14. The van der Waals surface area contributed by atoms with Crippen LogP contribution < -0.4 is 10.5 Å². The minimum atomic E-state index is -3.49. The molecule has 2 aromatic rings. The quantitative estimate of drug-likeness (QED) is 0.820. The second-order valence-corrected chi connectivity index (χ2v) is 6.15. The number of aromatic nitrogens is 1. The van der Waals surface area contributed by atoms with Crippen molar-refractivity contribution in [2.75, 3.05) is 12.3 Å². The fourth-order valence-corrected chi connectivity index (χ4v) is 3.21. The van der Waals surface area contributed by atoms with Crippen molar-refractivity contribution in [3.63, 3.8) is 0 Å². The highest BCUT2D eigenvalue weighted by atomic mass is 32.2. The summed E-state index contributed by atoms with van der Waals surface area (Å²) in [7, 11) is -3.49. The Morgan fingerprint density at radius 1 is 1.53 bits per heavy atom. The summed E-state index contributed by atoms with van der Waals surface area (Å²) < 4.78 is 26.8. The molecule has 0 amide bonds. The first-order valence-corrected chi connectivity index (χ1v) is 7.09. The second kappa shape index (κ2) is 4.44. The van der Waals surface area contributed by atoms with Gasteiger partial charge in [-0.3, -0.25) is 0 Å². The third-order valence-electron chi connectivity index (χ3n) is 2.10. The van der Waals surface area contributed by atoms with Crippen molar-refractivity contribution in [3.05, 3.63) is 30.9 Å². The highest BCUT2D eigenvalue weighted by Crippen LogP contribution is 2.26. The van der Waals surface area contributed by atoms with Gasteiger partial charge in [0.1, 0.15) is 0 Å². The zero-order valence-electron chi connectivity index (χ0n) is 8.88. The molecule has 0 spiro atoms. The van der Waals surface area contributed by atoms with Gasteiger partial charge in [-0.2, -0.15) is 0 Å². The van der Waals surface area contributed by atoms with Gasteiger partial charge in [0.05, 0.1) is 15.1 Å². The average molecular weight is 269 g/mol. The third-order valence-corrected chi connectivity index (χ3v) is 4.37. The molecule has 17 heavy (non-hydrogen) atoms. The molecule has 0 aliphatic heterocycles. The van der Waals surface area contributed by atoms with Crippen molar-refractivity contribution in [1.82, 2.24) is 9.71 Å². The lowest BCUT2D eigenvalue weighted by Crippen LogP contribution is -2.23. The van der Waals surface area contributed by atoms with Gasteiger partial charge in [-0.25, -0.2) is 18.1 Å². The zero-order valence-corrected chi connectivity index (χ0v) is 10.5. The third kappa shape index (κ3) is 2.46. The number of anilines is 1. The summed E-state index contributed by atoms with van der Waals surface area (Å²) in [5.41, 5.74) is 6.26. The van der Waals surface area contributed by atoms with Crippen molar-refractivity contribution < 1.29 is 8.42 Å². The molecule has 90 valence electrons. The fourth-order valence-electron chi connectivity index (χ4n) is 1.34. The van der Waals surface area contributed by atoms with Crippen LogP contribution in [0.5, 0.6) is 0 Å². The smallest absolute Gasteiger partial charge is 0.240 e. The summed E-state index contributed by atoms with van der Waals surface area (Å²) in [4.78, 5) is 4.27. The van der Waals surface area contributed by atoms with Crippen LogP contribution in [0.3, 0.4) is 0 Å². The summed E-state index contributed by atoms with van der Waals surface area (Å²) in [6.45, 7) is 3.66. The fraction of sp³-hybridized carbons (Fsp3) is 0.100. The number of thiazole rings is 1. The summed E-state index contributed by atoms with van der Waals surface area (Å²) in [5.74, 6) is 0. The van der Waals surface area contributed by atoms with E-state index in [1.807, 2.05) is 0 Å². The molecule has 0 atom stereocenters. The first-order valence-electron chi connectivity index (χ1n) is 4.79. The number of nitrogens with two attached hydrogens (primary N) is 1. The lowest BCUT2D eigenvalue weighted by molar-refractivity contribution is 0.586. The Labute approximate surface area is 103 Å². The van der Waals surface area contributed by atoms with E-state index in [4.69, 9.17) is 5.73 Å². The van der Waals surface area contributed by atoms with Crippen LogP contribution in [-0.4, -0.2) is 19.9 Å². The van der Waals surface area contributed by atoms with E-state index in [-0.39, 0.29) is 11.4 Å². The maximum atomic E-state index is 11.8. The predicted octanol–water partition coefficient (Wildman–Crippen LogP) is 1.34. The number of fused-ring (bicyclic) bond motifs is 1. The van der Waals surface area contributed by atoms with Crippen LogP contribution in [0.25, 0.3) is 10.2 Å². The molecule has 2 rings (SSSR count). The number of rotatable bonds is 4. The molecule has 0 radical (unpaired) electrons. The van der Waals surface area contributed by atoms with Gasteiger partial charge in [-0.15, -0.1) is 6.58 Å². The van der Waals surface area contributed by atoms with Crippen molar-refractivity contribution in [2.24, 2.45) is 0 Å². The summed E-state index contributed by atoms with van der Waals surface area (Å²) in [6, 6.07) is 4.71. The van der Waals surface area contributed by atoms with Gasteiger partial charge >= 0.3 is 0 Å². The number of benzene rings is 1. The van der Waals surface area contributed by atoms with Gasteiger partial charge in [0.25, 0.3) is 0 Å². The number of hydrogen-bond donors (Lipinski definition) is 2. The number of nitrogens with one attached hydrogen (secondary N) is 1. The van der Waals surface area contributed by atoms with Crippen LogP contribution in [0, 0.1) is 0 Å². The van der Waals surface area contributed by atoms with E-state index in [1.165, 1.54) is 23.5 Å². The molecular weight excluding hydrogens is 258 g/mol. The second-order valence-electron chi connectivity index (χ2n) is 3.32. The van der Waals surface area contributed by atoms with Crippen molar-refractivity contribution in [3.8, 4) is 0 Å². The topological polar surface area (TPSA) is 85.1 Å². The maximum absolute atomic E-state index is 11.8. The van der Waals surface area contributed by atoms with Gasteiger partial charge in [0.2, 0.25) is 10.0 Å². The first-order chi connectivity index (χ1) is 8.03. The van der Waals surface area contributed by atoms with Gasteiger partial charge in [-0.05, 0) is 18.2 Å². The molecule has 3 N–H and O–H groups in total. The zero-order chi connectivity index (χ0) is 12.5. The van der Waals surface area contributed by atoms with Crippen LogP contribution in [0.2, 0.25) is 0 Å². The van der Waals surface area contributed by atoms with Crippen LogP contribution in [0.15, 0.2) is 35.7 Å². The number of nitrogen functional groups attached to an aromatic ring is 1. The first kappa shape index (κ1) is 12.0. The van der Waals surface area contributed by atoms with Gasteiger partial charge in [0.15, 0.2) is 5.13 Å². The standard InChI is InChI=1S/C10H11N3O2S2/c1-2-5-12-17(14,15)7-3-4-8-9(6-7)16-10(11)13-8/h2-4,6,12H,1,5H2,(H2,11,13). The minimum absolute atomic E-state index is 0.200. The molecule has 1 aromatic heterocycles. The maximum Gasteiger partial charge on any atom is 0.240 e. The van der Waals surface area contributed by atoms with E-state index >= 15 is 0 Å². The van der Waals surface area contributed by atoms with E-state index in [1.54, 1.807) is 12.1 Å². The van der Waals surface area contributed by atoms with Gasteiger partial charge in [0, 0.05) is 6.54 Å². The van der Waals surface area contributed by atoms with Crippen molar-refractivity contribution >= 4 is 36.7 Å². The Morgan fingerprint density at radius 3 is 3.00 bits per heavy atom. The molecular formula is C10H11N3O2S2. The Hall–Kier alpha value is -1.44. The monoisotopic (exact) mass is 269 g/mol. The Kier molecular flexibility index (Phi) is 3.14. The van der Waals surface area contributed by atoms with Crippen LogP contribution in [-0.2, 0) is 10.0 Å². The highest BCUT2D eigenvalue weighted by molar-refractivity contribution is 7.89. The molecule has 0 aliphatic carbocycles. The summed E-state index contributed by atoms with van der Waals surface area (Å²) in [5, 5.41) is 0.425.